The molecule has 0 unspecified atom stereocenters. The lowest BCUT2D eigenvalue weighted by molar-refractivity contribution is -0.139. The molecule has 0 heterocycles. The molecular weight excluding hydrogens is 302 g/mol. The van der Waals surface area contributed by atoms with Crippen molar-refractivity contribution in [2.45, 2.75) is 6.42 Å². The molecule has 0 atom stereocenters. The van der Waals surface area contributed by atoms with Crippen molar-refractivity contribution in [3.8, 4) is 11.5 Å². The number of rotatable bonds is 8. The normalized spacial score (nSPS) is 10.4. The molecule has 0 aromatic heterocycles. The van der Waals surface area contributed by atoms with Crippen LogP contribution in [0.4, 0.5) is 0 Å². The predicted octanol–water partition coefficient (Wildman–Crippen LogP) is 0.307. The zero-order valence-electron chi connectivity index (χ0n) is 13.4. The zero-order chi connectivity index (χ0) is 17.1. The molecule has 23 heavy (non-hydrogen) atoms. The van der Waals surface area contributed by atoms with Gasteiger partial charge in [0.1, 0.15) is 0 Å². The van der Waals surface area contributed by atoms with Crippen LogP contribution in [0.2, 0.25) is 0 Å². The molecule has 0 radical (unpaired) electrons. The minimum absolute atomic E-state index is 0.355. The smallest absolute Gasteiger partial charge is 0.329 e. The topological polar surface area (TPSA) is 98.2 Å². The first kappa shape index (κ1) is 18.4. The Morgan fingerprint density at radius 2 is 1.96 bits per heavy atom. The fourth-order valence-electron chi connectivity index (χ4n) is 1.72. The predicted molar refractivity (Wildman–Crippen MR) is 84.8 cm³/mol. The maximum Gasteiger partial charge on any atom is 0.329 e. The Balaban J connectivity index is 2.55. The van der Waals surface area contributed by atoms with Gasteiger partial charge in [-0.25, -0.2) is 5.43 Å². The van der Waals surface area contributed by atoms with Crippen LogP contribution in [-0.2, 0) is 14.3 Å². The van der Waals surface area contributed by atoms with Gasteiger partial charge in [-0.2, -0.15) is 5.10 Å². The van der Waals surface area contributed by atoms with Crippen LogP contribution in [-0.4, -0.2) is 52.5 Å². The fraction of sp³-hybridized carbons (Fsp3) is 0.400. The van der Waals surface area contributed by atoms with E-state index in [9.17, 15) is 9.59 Å². The molecule has 126 valence electrons. The van der Waals surface area contributed by atoms with Crippen molar-refractivity contribution in [3.63, 3.8) is 0 Å². The van der Waals surface area contributed by atoms with Crippen molar-refractivity contribution >= 4 is 18.0 Å². The van der Waals surface area contributed by atoms with Gasteiger partial charge in [0.25, 0.3) is 0 Å². The first-order chi connectivity index (χ1) is 11.1. The number of nitrogens with zero attached hydrogens (tertiary/aromatic N) is 1. The van der Waals surface area contributed by atoms with Gasteiger partial charge in [0.05, 0.1) is 20.4 Å². The van der Waals surface area contributed by atoms with Crippen molar-refractivity contribution in [2.24, 2.45) is 5.10 Å². The maximum atomic E-state index is 11.6. The Bertz CT molecular complexity index is 560. The van der Waals surface area contributed by atoms with Gasteiger partial charge >= 0.3 is 11.8 Å². The van der Waals surface area contributed by atoms with Crippen LogP contribution in [0.5, 0.6) is 11.5 Å². The summed E-state index contributed by atoms with van der Waals surface area (Å²) < 4.78 is 15.2. The van der Waals surface area contributed by atoms with Gasteiger partial charge < -0.3 is 19.5 Å². The van der Waals surface area contributed by atoms with Crippen LogP contribution in [0.25, 0.3) is 0 Å². The molecule has 1 aromatic rings. The molecule has 0 fully saturated rings. The molecule has 8 nitrogen and oxygen atoms in total. The van der Waals surface area contributed by atoms with E-state index in [2.05, 4.69) is 15.8 Å². The van der Waals surface area contributed by atoms with Gasteiger partial charge in [-0.05, 0) is 18.6 Å². The first-order valence-electron chi connectivity index (χ1n) is 6.95. The van der Waals surface area contributed by atoms with Gasteiger partial charge in [-0.15, -0.1) is 0 Å². The average Bonchev–Trinajstić information content (AvgIpc) is 2.57. The second-order valence-corrected chi connectivity index (χ2v) is 4.38. The number of carbonyl (C=O) groups is 2. The van der Waals surface area contributed by atoms with Crippen LogP contribution in [0.1, 0.15) is 12.0 Å². The Hall–Kier alpha value is -2.61. The van der Waals surface area contributed by atoms with Crippen LogP contribution < -0.4 is 20.2 Å². The van der Waals surface area contributed by atoms with Crippen LogP contribution in [0, 0.1) is 0 Å². The minimum Gasteiger partial charge on any atom is -0.493 e. The number of hydrogen-bond donors (Lipinski definition) is 2. The highest BCUT2D eigenvalue weighted by atomic mass is 16.5. The third kappa shape index (κ3) is 5.95. The van der Waals surface area contributed by atoms with E-state index in [1.807, 2.05) is 0 Å². The lowest BCUT2D eigenvalue weighted by Crippen LogP contribution is -2.38. The summed E-state index contributed by atoms with van der Waals surface area (Å²) in [5.74, 6) is -0.577. The second-order valence-electron chi connectivity index (χ2n) is 4.38. The van der Waals surface area contributed by atoms with Crippen molar-refractivity contribution in [3.05, 3.63) is 23.8 Å². The van der Waals surface area contributed by atoms with E-state index in [0.29, 0.717) is 36.6 Å². The highest BCUT2D eigenvalue weighted by molar-refractivity contribution is 6.35. The Morgan fingerprint density at radius 3 is 2.61 bits per heavy atom. The van der Waals surface area contributed by atoms with Crippen molar-refractivity contribution < 1.29 is 23.8 Å². The summed E-state index contributed by atoms with van der Waals surface area (Å²) >= 11 is 0. The molecule has 0 saturated carbocycles. The van der Waals surface area contributed by atoms with E-state index in [-0.39, 0.29) is 0 Å². The van der Waals surface area contributed by atoms with Gasteiger partial charge in [-0.1, -0.05) is 6.07 Å². The highest BCUT2D eigenvalue weighted by Crippen LogP contribution is 2.29. The molecular formula is C15H21N3O5. The molecule has 0 spiro atoms. The van der Waals surface area contributed by atoms with Crippen LogP contribution >= 0.6 is 0 Å². The van der Waals surface area contributed by atoms with E-state index in [1.165, 1.54) is 20.4 Å². The summed E-state index contributed by atoms with van der Waals surface area (Å²) in [5.41, 5.74) is 2.76. The average molecular weight is 323 g/mol. The standard InChI is InChI=1S/C15H21N3O5/c1-21-9-5-8-16-14(19)15(20)18-17-10-11-6-4-7-12(22-2)13(11)23-3/h4,6-7,10H,5,8-9H2,1-3H3,(H,16,19)(H,18,20)/b17-10-. The molecule has 2 amide bonds. The molecule has 0 aliphatic carbocycles. The molecule has 0 aliphatic heterocycles. The van der Waals surface area contributed by atoms with Crippen LogP contribution in [0.3, 0.4) is 0 Å². The van der Waals surface area contributed by atoms with E-state index in [1.54, 1.807) is 25.3 Å². The SMILES string of the molecule is COCCCNC(=O)C(=O)N/N=C\c1cccc(OC)c1OC. The summed E-state index contributed by atoms with van der Waals surface area (Å²) in [4.78, 5) is 23.0. The van der Waals surface area contributed by atoms with Crippen molar-refractivity contribution in [1.82, 2.24) is 10.7 Å². The number of amides is 2. The zero-order valence-corrected chi connectivity index (χ0v) is 13.4. The summed E-state index contributed by atoms with van der Waals surface area (Å²) in [7, 11) is 4.59. The lowest BCUT2D eigenvalue weighted by atomic mass is 10.2. The highest BCUT2D eigenvalue weighted by Gasteiger charge is 2.12. The number of carbonyl (C=O) groups excluding carboxylic acids is 2. The van der Waals surface area contributed by atoms with Gasteiger partial charge in [-0.3, -0.25) is 9.59 Å². The van der Waals surface area contributed by atoms with Crippen LogP contribution in [0.15, 0.2) is 23.3 Å². The molecule has 0 aliphatic rings. The Kier molecular flexibility index (Phi) is 8.16. The summed E-state index contributed by atoms with van der Waals surface area (Å²) in [6, 6.07) is 5.23. The van der Waals surface area contributed by atoms with E-state index in [0.717, 1.165) is 0 Å². The third-order valence-corrected chi connectivity index (χ3v) is 2.82. The Morgan fingerprint density at radius 1 is 1.17 bits per heavy atom. The number of para-hydroxylation sites is 1. The lowest BCUT2D eigenvalue weighted by Gasteiger charge is -2.09. The van der Waals surface area contributed by atoms with Gasteiger partial charge in [0.15, 0.2) is 11.5 Å². The monoisotopic (exact) mass is 323 g/mol. The van der Waals surface area contributed by atoms with Gasteiger partial charge in [0.2, 0.25) is 0 Å². The molecule has 0 bridgehead atoms. The molecule has 0 saturated heterocycles. The maximum absolute atomic E-state index is 11.6. The van der Waals surface area contributed by atoms with E-state index >= 15 is 0 Å². The molecule has 1 rings (SSSR count). The van der Waals surface area contributed by atoms with Crippen molar-refractivity contribution in [1.29, 1.82) is 0 Å². The first-order valence-corrected chi connectivity index (χ1v) is 6.95. The summed E-state index contributed by atoms with van der Waals surface area (Å²) in [5, 5.41) is 6.20. The Labute approximate surface area is 134 Å². The van der Waals surface area contributed by atoms with Gasteiger partial charge in [0, 0.05) is 25.8 Å². The summed E-state index contributed by atoms with van der Waals surface area (Å²) in [6.45, 7) is 0.864. The van der Waals surface area contributed by atoms with E-state index < -0.39 is 11.8 Å². The number of hydrogen-bond acceptors (Lipinski definition) is 6. The quantitative estimate of drug-likeness (QED) is 0.310. The van der Waals surface area contributed by atoms with E-state index in [4.69, 9.17) is 14.2 Å². The number of ether oxygens (including phenoxy) is 3. The second kappa shape index (κ2) is 10.2. The number of nitrogens with one attached hydrogen (secondary N) is 2. The minimum atomic E-state index is -0.847. The number of hydrazone groups is 1. The third-order valence-electron chi connectivity index (χ3n) is 2.82. The van der Waals surface area contributed by atoms with Crippen molar-refractivity contribution in [2.75, 3.05) is 34.5 Å². The number of methoxy groups -OCH3 is 3. The molecule has 1 aromatic carbocycles. The number of benzene rings is 1. The fourth-order valence-corrected chi connectivity index (χ4v) is 1.72. The summed E-state index contributed by atoms with van der Waals surface area (Å²) in [6.07, 6.45) is 2.00. The largest absolute Gasteiger partial charge is 0.493 e. The molecule has 8 heteroatoms. The molecule has 2 N–H and O–H groups in total.